The van der Waals surface area contributed by atoms with E-state index < -0.39 is 6.17 Å². The number of halogens is 1. The van der Waals surface area contributed by atoms with Crippen molar-refractivity contribution in [3.8, 4) is 6.07 Å². The molecule has 0 bridgehead atoms. The molecule has 4 rings (SSSR count). The van der Waals surface area contributed by atoms with Crippen LogP contribution in [-0.4, -0.2) is 21.1 Å². The van der Waals surface area contributed by atoms with E-state index in [0.29, 0.717) is 18.6 Å². The molecule has 2 atom stereocenters. The Balaban J connectivity index is 0.000000246. The van der Waals surface area contributed by atoms with Crippen LogP contribution in [0.25, 0.3) is 0 Å². The summed E-state index contributed by atoms with van der Waals surface area (Å²) in [5.74, 6) is 0.735. The van der Waals surface area contributed by atoms with Crippen LogP contribution in [0.15, 0.2) is 30.3 Å². The summed E-state index contributed by atoms with van der Waals surface area (Å²) in [6.45, 7) is 0. The normalized spacial score (nSPS) is 22.2. The molecule has 0 amide bonds. The van der Waals surface area contributed by atoms with Crippen molar-refractivity contribution in [1.29, 1.82) is 5.26 Å². The third-order valence-electron chi connectivity index (χ3n) is 3.73. The molecule has 1 aromatic carbocycles. The van der Waals surface area contributed by atoms with Crippen LogP contribution in [0, 0.1) is 17.2 Å². The maximum absolute atomic E-state index is 13.8. The molecule has 0 saturated heterocycles. The Bertz CT molecular complexity index is 703. The fourth-order valence-electron chi connectivity index (χ4n) is 2.41. The van der Waals surface area contributed by atoms with E-state index in [1.165, 1.54) is 4.68 Å². The number of fused-ring (bicyclic) bond motifs is 1. The van der Waals surface area contributed by atoms with Crippen molar-refractivity contribution in [2.45, 2.75) is 31.5 Å². The molecule has 1 aliphatic heterocycles. The number of carbonyl (C=O) groups excluding carboxylic acids is 1. The summed E-state index contributed by atoms with van der Waals surface area (Å²) in [6, 6.07) is 11.5. The molecule has 1 aliphatic carbocycles. The van der Waals surface area contributed by atoms with Crippen LogP contribution < -0.4 is 0 Å². The number of rotatable bonds is 2. The van der Waals surface area contributed by atoms with Gasteiger partial charge in [-0.15, -0.1) is 5.10 Å². The third kappa shape index (κ3) is 2.89. The number of nitrogens with zero attached hydrogens (tertiary/aromatic N) is 4. The van der Waals surface area contributed by atoms with Gasteiger partial charge in [0.2, 0.25) is 5.82 Å². The van der Waals surface area contributed by atoms with Crippen LogP contribution in [-0.2, 0) is 0 Å². The first kappa shape index (κ1) is 14.4. The van der Waals surface area contributed by atoms with Gasteiger partial charge in [0.05, 0.1) is 12.1 Å². The molecule has 0 N–H and O–H groups in total. The highest BCUT2D eigenvalue weighted by Crippen LogP contribution is 2.38. The SMILES string of the molecule is N#CC1CC1.O=Cc1nc2n(n1)C(c1ccccc1)CC2F. The summed E-state index contributed by atoms with van der Waals surface area (Å²) in [6.07, 6.45) is 2.02. The summed E-state index contributed by atoms with van der Waals surface area (Å²) >= 11 is 0. The van der Waals surface area contributed by atoms with E-state index in [4.69, 9.17) is 5.26 Å². The lowest BCUT2D eigenvalue weighted by Gasteiger charge is -2.10. The van der Waals surface area contributed by atoms with Crippen molar-refractivity contribution >= 4 is 6.29 Å². The van der Waals surface area contributed by atoms with Gasteiger partial charge in [0.15, 0.2) is 18.3 Å². The molecule has 112 valence electrons. The number of hydrogen-bond acceptors (Lipinski definition) is 4. The Kier molecular flexibility index (Phi) is 3.96. The predicted molar refractivity (Wildman–Crippen MR) is 76.8 cm³/mol. The molecule has 2 heterocycles. The van der Waals surface area contributed by atoms with E-state index in [2.05, 4.69) is 16.2 Å². The van der Waals surface area contributed by atoms with Gasteiger partial charge in [-0.25, -0.2) is 14.1 Å². The number of carbonyl (C=O) groups is 1. The lowest BCUT2D eigenvalue weighted by Crippen LogP contribution is -2.07. The summed E-state index contributed by atoms with van der Waals surface area (Å²) in [5, 5.41) is 12.0. The Hall–Kier alpha value is -2.55. The predicted octanol–water partition coefficient (Wildman–Crippen LogP) is 3.01. The molecular weight excluding hydrogens is 283 g/mol. The van der Waals surface area contributed by atoms with Gasteiger partial charge in [-0.2, -0.15) is 5.26 Å². The zero-order chi connectivity index (χ0) is 15.5. The topological polar surface area (TPSA) is 71.6 Å². The fourth-order valence-corrected chi connectivity index (χ4v) is 2.41. The van der Waals surface area contributed by atoms with Crippen LogP contribution in [0.4, 0.5) is 4.39 Å². The zero-order valence-corrected chi connectivity index (χ0v) is 11.9. The number of alkyl halides is 1. The molecule has 2 aliphatic rings. The molecule has 1 aromatic heterocycles. The Morgan fingerprint density at radius 2 is 2.05 bits per heavy atom. The highest BCUT2D eigenvalue weighted by atomic mass is 19.1. The second kappa shape index (κ2) is 6.06. The third-order valence-corrected chi connectivity index (χ3v) is 3.73. The highest BCUT2D eigenvalue weighted by molar-refractivity contribution is 5.68. The van der Waals surface area contributed by atoms with Gasteiger partial charge in [0.25, 0.3) is 0 Å². The maximum Gasteiger partial charge on any atom is 0.214 e. The van der Waals surface area contributed by atoms with Crippen molar-refractivity contribution < 1.29 is 9.18 Å². The quantitative estimate of drug-likeness (QED) is 0.799. The molecule has 2 unspecified atom stereocenters. The van der Waals surface area contributed by atoms with Crippen LogP contribution in [0.2, 0.25) is 0 Å². The van der Waals surface area contributed by atoms with Crippen LogP contribution in [0.1, 0.15) is 53.5 Å². The first-order chi connectivity index (χ1) is 10.7. The van der Waals surface area contributed by atoms with Gasteiger partial charge in [0, 0.05) is 12.3 Å². The van der Waals surface area contributed by atoms with Gasteiger partial charge >= 0.3 is 0 Å². The summed E-state index contributed by atoms with van der Waals surface area (Å²) in [7, 11) is 0. The second-order valence-corrected chi connectivity index (χ2v) is 5.42. The van der Waals surface area contributed by atoms with E-state index in [-0.39, 0.29) is 17.7 Å². The minimum Gasteiger partial charge on any atom is -0.294 e. The van der Waals surface area contributed by atoms with Gasteiger partial charge in [-0.1, -0.05) is 30.3 Å². The fraction of sp³-hybridized carbons (Fsp3) is 0.375. The van der Waals surface area contributed by atoms with E-state index >= 15 is 0 Å². The molecule has 22 heavy (non-hydrogen) atoms. The van der Waals surface area contributed by atoms with Crippen molar-refractivity contribution in [2.75, 3.05) is 0 Å². The van der Waals surface area contributed by atoms with Gasteiger partial charge < -0.3 is 0 Å². The first-order valence-corrected chi connectivity index (χ1v) is 7.23. The van der Waals surface area contributed by atoms with Crippen LogP contribution >= 0.6 is 0 Å². The average molecular weight is 298 g/mol. The minimum atomic E-state index is -1.15. The second-order valence-electron chi connectivity index (χ2n) is 5.42. The van der Waals surface area contributed by atoms with Gasteiger partial charge in [-0.05, 0) is 18.4 Å². The van der Waals surface area contributed by atoms with E-state index in [9.17, 15) is 9.18 Å². The number of nitriles is 1. The maximum atomic E-state index is 13.8. The molecule has 1 saturated carbocycles. The standard InChI is InChI=1S/C12H10FN3O.C4H5N/c13-9-6-10(8-4-2-1-3-5-8)16-12(9)14-11(7-17)15-16;5-3-4-1-2-4/h1-5,7,9-10H,6H2;4H,1-2H2. The smallest absolute Gasteiger partial charge is 0.214 e. The van der Waals surface area contributed by atoms with E-state index in [1.54, 1.807) is 0 Å². The molecule has 0 spiro atoms. The highest BCUT2D eigenvalue weighted by Gasteiger charge is 2.35. The zero-order valence-electron chi connectivity index (χ0n) is 11.9. The molecule has 6 heteroatoms. The molecule has 5 nitrogen and oxygen atoms in total. The van der Waals surface area contributed by atoms with Crippen molar-refractivity contribution in [1.82, 2.24) is 14.8 Å². The van der Waals surface area contributed by atoms with Crippen molar-refractivity contribution in [3.05, 3.63) is 47.5 Å². The summed E-state index contributed by atoms with van der Waals surface area (Å²) < 4.78 is 15.3. The monoisotopic (exact) mass is 298 g/mol. The van der Waals surface area contributed by atoms with Gasteiger partial charge in [0.1, 0.15) is 0 Å². The van der Waals surface area contributed by atoms with Crippen LogP contribution in [0.3, 0.4) is 0 Å². The van der Waals surface area contributed by atoms with Crippen molar-refractivity contribution in [3.63, 3.8) is 0 Å². The number of aldehydes is 1. The Labute approximate surface area is 127 Å². The lowest BCUT2D eigenvalue weighted by molar-refractivity contribution is 0.111. The van der Waals surface area contributed by atoms with Crippen molar-refractivity contribution in [2.24, 2.45) is 5.92 Å². The molecule has 0 radical (unpaired) electrons. The van der Waals surface area contributed by atoms with Gasteiger partial charge in [-0.3, -0.25) is 4.79 Å². The number of hydrogen-bond donors (Lipinski definition) is 0. The van der Waals surface area contributed by atoms with E-state index in [1.807, 2.05) is 30.3 Å². The van der Waals surface area contributed by atoms with E-state index in [0.717, 1.165) is 18.4 Å². The molecule has 2 aromatic rings. The summed E-state index contributed by atoms with van der Waals surface area (Å²) in [5.41, 5.74) is 0.983. The molecular formula is C16H15FN4O. The lowest BCUT2D eigenvalue weighted by atomic mass is 10.0. The molecule has 1 fully saturated rings. The largest absolute Gasteiger partial charge is 0.294 e. The van der Waals surface area contributed by atoms with Crippen LogP contribution in [0.5, 0.6) is 0 Å². The Morgan fingerprint density at radius 1 is 1.32 bits per heavy atom. The minimum absolute atomic E-state index is 0.0447. The number of benzene rings is 1. The summed E-state index contributed by atoms with van der Waals surface area (Å²) in [4.78, 5) is 14.5. The number of aromatic nitrogens is 3. The average Bonchev–Trinajstić information content (AvgIpc) is 3.23. The first-order valence-electron chi connectivity index (χ1n) is 7.23. The Morgan fingerprint density at radius 3 is 2.59 bits per heavy atom.